The number of fused-ring (bicyclic) bond motifs is 1. The Hall–Kier alpha value is -1.17. The molecular weight excluding hydrogens is 320 g/mol. The summed E-state index contributed by atoms with van der Waals surface area (Å²) in [5.41, 5.74) is -0.930. The Morgan fingerprint density at radius 3 is 2.80 bits per heavy atom. The lowest BCUT2D eigenvalue weighted by Gasteiger charge is -2.58. The highest BCUT2D eigenvalue weighted by Crippen LogP contribution is 2.71. The number of esters is 1. The van der Waals surface area contributed by atoms with Crippen LogP contribution in [-0.2, 0) is 14.3 Å². The minimum Gasteiger partial charge on any atom is -0.434 e. The zero-order valence-corrected chi connectivity index (χ0v) is 14.8. The highest BCUT2D eigenvalue weighted by atomic mass is 16.8. The first-order valence-electron chi connectivity index (χ1n) is 9.34. The third-order valence-electron chi connectivity index (χ3n) is 7.96. The molecule has 2 aliphatic heterocycles. The van der Waals surface area contributed by atoms with Crippen molar-refractivity contribution in [1.29, 1.82) is 0 Å². The normalized spacial score (nSPS) is 55.4. The summed E-state index contributed by atoms with van der Waals surface area (Å²) >= 11 is 0. The second kappa shape index (κ2) is 4.56. The number of hydrogen-bond donors (Lipinski definition) is 2. The molecule has 25 heavy (non-hydrogen) atoms. The van der Waals surface area contributed by atoms with Crippen LogP contribution in [0, 0.1) is 34.0 Å². The first kappa shape index (κ1) is 16.0. The Labute approximate surface area is 147 Å². The van der Waals surface area contributed by atoms with Crippen LogP contribution in [-0.4, -0.2) is 34.9 Å². The molecule has 2 N–H and O–H groups in total. The minimum atomic E-state index is -0.965. The molecule has 2 spiro atoms. The van der Waals surface area contributed by atoms with Crippen LogP contribution in [0.3, 0.4) is 0 Å². The summed E-state index contributed by atoms with van der Waals surface area (Å²) in [6, 6.07) is 0. The van der Waals surface area contributed by atoms with E-state index in [4.69, 9.17) is 9.47 Å². The van der Waals surface area contributed by atoms with Gasteiger partial charge >= 0.3 is 5.97 Å². The zero-order chi connectivity index (χ0) is 17.8. The fraction of sp³-hybridized carbons (Fsp3) is 0.750. The smallest absolute Gasteiger partial charge is 0.317 e. The van der Waals surface area contributed by atoms with Crippen LogP contribution in [0.15, 0.2) is 24.3 Å². The van der Waals surface area contributed by atoms with Crippen LogP contribution in [0.25, 0.3) is 0 Å². The summed E-state index contributed by atoms with van der Waals surface area (Å²) < 4.78 is 11.6. The molecule has 0 radical (unpaired) electrons. The van der Waals surface area contributed by atoms with E-state index in [2.05, 4.69) is 32.6 Å². The van der Waals surface area contributed by atoms with Gasteiger partial charge in [0.15, 0.2) is 6.29 Å². The van der Waals surface area contributed by atoms with E-state index in [0.717, 1.165) is 24.8 Å². The number of carbonyl (C=O) groups is 1. The molecule has 5 rings (SSSR count). The predicted molar refractivity (Wildman–Crippen MR) is 88.8 cm³/mol. The maximum absolute atomic E-state index is 13.0. The number of ether oxygens (including phenoxy) is 2. The van der Waals surface area contributed by atoms with Crippen LogP contribution < -0.4 is 0 Å². The van der Waals surface area contributed by atoms with Crippen molar-refractivity contribution in [2.24, 2.45) is 34.0 Å². The topological polar surface area (TPSA) is 76.0 Å². The standard InChI is InChI=1S/C20H26O5/c1-10-11-5-6-12-19-8-4-7-18(2,3)13(19)15(22)24-17(19)25-16(23)20(12,9-11)14(10)21/h4,8,11-15,17,21-22H,1,5-7,9H2,2-3H3/t11-,12+,13+,14-,15-,17-,19-,20+/m1/s1. The van der Waals surface area contributed by atoms with Crippen molar-refractivity contribution in [2.45, 2.75) is 58.2 Å². The first-order valence-corrected chi connectivity index (χ1v) is 9.34. The Morgan fingerprint density at radius 1 is 1.28 bits per heavy atom. The molecule has 5 heteroatoms. The van der Waals surface area contributed by atoms with E-state index in [1.165, 1.54) is 0 Å². The largest absolute Gasteiger partial charge is 0.434 e. The summed E-state index contributed by atoms with van der Waals surface area (Å²) in [5.74, 6) is -0.469. The highest BCUT2D eigenvalue weighted by molar-refractivity contribution is 5.82. The van der Waals surface area contributed by atoms with Gasteiger partial charge in [-0.3, -0.25) is 4.79 Å². The predicted octanol–water partition coefficient (Wildman–Crippen LogP) is 2.14. The van der Waals surface area contributed by atoms with Crippen molar-refractivity contribution < 1.29 is 24.5 Å². The van der Waals surface area contributed by atoms with Crippen LogP contribution in [0.2, 0.25) is 0 Å². The number of aliphatic hydroxyl groups is 2. The number of allylic oxidation sites excluding steroid dienone is 1. The van der Waals surface area contributed by atoms with Crippen LogP contribution in [0.5, 0.6) is 0 Å². The molecule has 0 unspecified atom stereocenters. The van der Waals surface area contributed by atoms with E-state index in [-0.39, 0.29) is 29.1 Å². The molecule has 2 heterocycles. The van der Waals surface area contributed by atoms with Crippen molar-refractivity contribution >= 4 is 5.97 Å². The van der Waals surface area contributed by atoms with Crippen molar-refractivity contribution in [1.82, 2.24) is 0 Å². The molecule has 8 atom stereocenters. The van der Waals surface area contributed by atoms with Gasteiger partial charge in [-0.15, -0.1) is 0 Å². The Morgan fingerprint density at radius 2 is 2.04 bits per heavy atom. The van der Waals surface area contributed by atoms with Gasteiger partial charge in [-0.1, -0.05) is 32.6 Å². The van der Waals surface area contributed by atoms with Gasteiger partial charge in [0.05, 0.1) is 11.5 Å². The van der Waals surface area contributed by atoms with Crippen molar-refractivity contribution in [3.8, 4) is 0 Å². The average Bonchev–Trinajstić information content (AvgIpc) is 2.95. The fourth-order valence-electron chi connectivity index (χ4n) is 6.97. The van der Waals surface area contributed by atoms with Gasteiger partial charge < -0.3 is 19.7 Å². The van der Waals surface area contributed by atoms with Gasteiger partial charge in [0.25, 0.3) is 0 Å². The summed E-state index contributed by atoms with van der Waals surface area (Å²) in [4.78, 5) is 13.0. The molecule has 0 aromatic carbocycles. The van der Waals surface area contributed by atoms with Crippen LogP contribution >= 0.6 is 0 Å². The van der Waals surface area contributed by atoms with E-state index in [9.17, 15) is 15.0 Å². The Bertz CT molecular complexity index is 696. The van der Waals surface area contributed by atoms with E-state index >= 15 is 0 Å². The summed E-state index contributed by atoms with van der Waals surface area (Å²) in [5, 5.41) is 21.7. The van der Waals surface area contributed by atoms with Gasteiger partial charge in [-0.25, -0.2) is 0 Å². The average molecular weight is 346 g/mol. The molecule has 4 fully saturated rings. The SMILES string of the molecule is C=C1[C@@H]2CC[C@@H]3[C@](C2)(C(=O)O[C@H]2O[C@@H](O)[C@H]4C(C)(C)CC=C[C@@]234)[C@@H]1O. The molecule has 2 saturated heterocycles. The monoisotopic (exact) mass is 346 g/mol. The van der Waals surface area contributed by atoms with Crippen LogP contribution in [0.4, 0.5) is 0 Å². The summed E-state index contributed by atoms with van der Waals surface area (Å²) in [6.45, 7) is 8.34. The number of rotatable bonds is 0. The van der Waals surface area contributed by atoms with Gasteiger partial charge in [0.2, 0.25) is 6.29 Å². The molecule has 136 valence electrons. The lowest BCUT2D eigenvalue weighted by molar-refractivity contribution is -0.256. The zero-order valence-electron chi connectivity index (χ0n) is 14.8. The second-order valence-corrected chi connectivity index (χ2v) is 9.39. The van der Waals surface area contributed by atoms with Crippen molar-refractivity contribution in [3.63, 3.8) is 0 Å². The summed E-state index contributed by atoms with van der Waals surface area (Å²) in [7, 11) is 0. The Balaban J connectivity index is 1.73. The maximum Gasteiger partial charge on any atom is 0.317 e. The van der Waals surface area contributed by atoms with E-state index in [0.29, 0.717) is 6.42 Å². The molecule has 2 saturated carbocycles. The molecule has 0 aromatic heterocycles. The van der Waals surface area contributed by atoms with Gasteiger partial charge in [0, 0.05) is 5.92 Å². The third-order valence-corrected chi connectivity index (χ3v) is 7.96. The summed E-state index contributed by atoms with van der Waals surface area (Å²) in [6.07, 6.45) is 4.83. The molecule has 3 aliphatic carbocycles. The van der Waals surface area contributed by atoms with Crippen molar-refractivity contribution in [2.75, 3.05) is 0 Å². The van der Waals surface area contributed by atoms with E-state index in [1.807, 2.05) is 0 Å². The lowest BCUT2D eigenvalue weighted by Crippen LogP contribution is -2.64. The molecule has 2 bridgehead atoms. The lowest BCUT2D eigenvalue weighted by atomic mass is 9.46. The van der Waals surface area contributed by atoms with Gasteiger partial charge in [0.1, 0.15) is 5.41 Å². The quantitative estimate of drug-likeness (QED) is 0.519. The number of hydrogen-bond acceptors (Lipinski definition) is 5. The maximum atomic E-state index is 13.0. The van der Waals surface area contributed by atoms with E-state index < -0.39 is 29.5 Å². The molecule has 5 aliphatic rings. The highest BCUT2D eigenvalue weighted by Gasteiger charge is 2.77. The van der Waals surface area contributed by atoms with Crippen molar-refractivity contribution in [3.05, 3.63) is 24.3 Å². The second-order valence-electron chi connectivity index (χ2n) is 9.39. The number of aliphatic hydroxyl groups excluding tert-OH is 2. The molecule has 0 amide bonds. The van der Waals surface area contributed by atoms with Crippen LogP contribution in [0.1, 0.15) is 39.5 Å². The third kappa shape index (κ3) is 1.59. The minimum absolute atomic E-state index is 0.102. The first-order chi connectivity index (χ1) is 11.7. The molecular formula is C20H26O5. The number of carbonyl (C=O) groups excluding carboxylic acids is 1. The van der Waals surface area contributed by atoms with Gasteiger partial charge in [-0.2, -0.15) is 0 Å². The van der Waals surface area contributed by atoms with E-state index in [1.54, 1.807) is 0 Å². The van der Waals surface area contributed by atoms with Gasteiger partial charge in [-0.05, 0) is 48.5 Å². The fourth-order valence-corrected chi connectivity index (χ4v) is 6.97. The molecule has 0 aromatic rings. The Kier molecular flexibility index (Phi) is 2.93. The molecule has 5 nitrogen and oxygen atoms in total.